The molecule has 0 heterocycles. The molecule has 0 atom stereocenters. The van der Waals surface area contributed by atoms with E-state index in [2.05, 4.69) is 49.7 Å². The summed E-state index contributed by atoms with van der Waals surface area (Å²) in [7, 11) is 1.73. The molecule has 0 unspecified atom stereocenters. The van der Waals surface area contributed by atoms with E-state index in [4.69, 9.17) is 4.74 Å². The molecule has 0 aromatic heterocycles. The van der Waals surface area contributed by atoms with Gasteiger partial charge in [-0.3, -0.25) is 0 Å². The molecule has 1 aromatic carbocycles. The number of rotatable bonds is 3. The van der Waals surface area contributed by atoms with Crippen LogP contribution < -0.4 is 4.74 Å². The van der Waals surface area contributed by atoms with Crippen molar-refractivity contribution in [3.05, 3.63) is 27.7 Å². The van der Waals surface area contributed by atoms with Crippen LogP contribution in [0.3, 0.4) is 0 Å². The number of hydrogen-bond acceptors (Lipinski definition) is 1. The summed E-state index contributed by atoms with van der Waals surface area (Å²) in [5.74, 6) is 2.00. The second-order valence-electron chi connectivity index (χ2n) is 4.42. The largest absolute Gasteiger partial charge is 0.496 e. The Balaban J connectivity index is 3.40. The highest BCUT2D eigenvalue weighted by atomic mass is 79.9. The topological polar surface area (TPSA) is 9.23 Å². The zero-order valence-corrected chi connectivity index (χ0v) is 11.7. The van der Waals surface area contributed by atoms with Crippen molar-refractivity contribution in [3.63, 3.8) is 0 Å². The van der Waals surface area contributed by atoms with Crippen LogP contribution in [-0.4, -0.2) is 7.11 Å². The van der Waals surface area contributed by atoms with Crippen molar-refractivity contribution in [1.29, 1.82) is 0 Å². The van der Waals surface area contributed by atoms with Gasteiger partial charge in [-0.15, -0.1) is 0 Å². The van der Waals surface area contributed by atoms with Crippen molar-refractivity contribution in [1.82, 2.24) is 0 Å². The summed E-state index contributed by atoms with van der Waals surface area (Å²) in [6.07, 6.45) is 0. The van der Waals surface area contributed by atoms with Gasteiger partial charge < -0.3 is 4.74 Å². The summed E-state index contributed by atoms with van der Waals surface area (Å²) < 4.78 is 6.54. The fourth-order valence-electron chi connectivity index (χ4n) is 1.88. The number of halogens is 1. The molecule has 0 aliphatic rings. The number of benzene rings is 1. The summed E-state index contributed by atoms with van der Waals surface area (Å²) in [6.45, 7) is 8.84. The molecule has 1 rings (SSSR count). The Kier molecular flexibility index (Phi) is 4.21. The van der Waals surface area contributed by atoms with Gasteiger partial charge in [0, 0.05) is 10.0 Å². The van der Waals surface area contributed by atoms with E-state index >= 15 is 0 Å². The Morgan fingerprint density at radius 1 is 1.07 bits per heavy atom. The van der Waals surface area contributed by atoms with Crippen molar-refractivity contribution < 1.29 is 4.74 Å². The van der Waals surface area contributed by atoms with E-state index < -0.39 is 0 Å². The molecule has 0 saturated heterocycles. The molecule has 0 amide bonds. The second-order valence-corrected chi connectivity index (χ2v) is 5.34. The summed E-state index contributed by atoms with van der Waals surface area (Å²) in [4.78, 5) is 0. The Morgan fingerprint density at radius 3 is 2.07 bits per heavy atom. The zero-order valence-electron chi connectivity index (χ0n) is 10.1. The maximum absolute atomic E-state index is 5.45. The third-order valence-electron chi connectivity index (χ3n) is 2.56. The van der Waals surface area contributed by atoms with Gasteiger partial charge in [0.1, 0.15) is 5.75 Å². The van der Waals surface area contributed by atoms with E-state index in [1.165, 1.54) is 11.1 Å². The van der Waals surface area contributed by atoms with Crippen LogP contribution >= 0.6 is 15.9 Å². The third-order valence-corrected chi connectivity index (χ3v) is 3.02. The SMILES string of the molecule is COc1cc(Br)cc(C(C)C)c1C(C)C. The van der Waals surface area contributed by atoms with Crippen LogP contribution in [-0.2, 0) is 0 Å². The first-order valence-electron chi connectivity index (χ1n) is 5.34. The molecule has 2 heteroatoms. The maximum Gasteiger partial charge on any atom is 0.123 e. The van der Waals surface area contributed by atoms with Crippen LogP contribution in [0.1, 0.15) is 50.7 Å². The summed E-state index contributed by atoms with van der Waals surface area (Å²) in [5.41, 5.74) is 2.70. The molecular formula is C13H19BrO. The van der Waals surface area contributed by atoms with Gasteiger partial charge in [-0.25, -0.2) is 0 Å². The lowest BCUT2D eigenvalue weighted by Gasteiger charge is -2.19. The molecule has 1 nitrogen and oxygen atoms in total. The van der Waals surface area contributed by atoms with E-state index in [0.717, 1.165) is 10.2 Å². The van der Waals surface area contributed by atoms with E-state index in [1.54, 1.807) is 7.11 Å². The van der Waals surface area contributed by atoms with E-state index in [0.29, 0.717) is 11.8 Å². The Bertz CT molecular complexity index is 343. The molecule has 0 aliphatic carbocycles. The first-order valence-corrected chi connectivity index (χ1v) is 6.14. The van der Waals surface area contributed by atoms with Crippen molar-refractivity contribution in [2.75, 3.05) is 7.11 Å². The first-order chi connectivity index (χ1) is 6.97. The van der Waals surface area contributed by atoms with Gasteiger partial charge in [-0.05, 0) is 29.5 Å². The molecule has 0 aliphatic heterocycles. The van der Waals surface area contributed by atoms with Gasteiger partial charge in [0.15, 0.2) is 0 Å². The number of hydrogen-bond donors (Lipinski definition) is 0. The molecule has 0 saturated carbocycles. The van der Waals surface area contributed by atoms with Crippen molar-refractivity contribution >= 4 is 15.9 Å². The van der Waals surface area contributed by atoms with Crippen molar-refractivity contribution in [3.8, 4) is 5.75 Å². The van der Waals surface area contributed by atoms with E-state index in [1.807, 2.05) is 6.07 Å². The average Bonchev–Trinajstić information content (AvgIpc) is 2.15. The molecule has 84 valence electrons. The van der Waals surface area contributed by atoms with Crippen LogP contribution in [0.15, 0.2) is 16.6 Å². The summed E-state index contributed by atoms with van der Waals surface area (Å²) in [5, 5.41) is 0. The minimum atomic E-state index is 0.491. The minimum absolute atomic E-state index is 0.491. The van der Waals surface area contributed by atoms with Gasteiger partial charge in [-0.2, -0.15) is 0 Å². The molecular weight excluding hydrogens is 252 g/mol. The van der Waals surface area contributed by atoms with Crippen LogP contribution in [0.5, 0.6) is 5.75 Å². The Morgan fingerprint density at radius 2 is 1.67 bits per heavy atom. The van der Waals surface area contributed by atoms with Gasteiger partial charge in [0.2, 0.25) is 0 Å². The molecule has 15 heavy (non-hydrogen) atoms. The highest BCUT2D eigenvalue weighted by Crippen LogP contribution is 2.36. The van der Waals surface area contributed by atoms with Gasteiger partial charge in [0.25, 0.3) is 0 Å². The quantitative estimate of drug-likeness (QED) is 0.774. The Hall–Kier alpha value is -0.500. The highest BCUT2D eigenvalue weighted by molar-refractivity contribution is 9.10. The predicted octanol–water partition coefficient (Wildman–Crippen LogP) is 4.70. The average molecular weight is 271 g/mol. The molecule has 0 spiro atoms. The minimum Gasteiger partial charge on any atom is -0.496 e. The predicted molar refractivity (Wildman–Crippen MR) is 68.9 cm³/mol. The first kappa shape index (κ1) is 12.6. The van der Waals surface area contributed by atoms with Crippen LogP contribution in [0.4, 0.5) is 0 Å². The summed E-state index contributed by atoms with van der Waals surface area (Å²) >= 11 is 3.53. The van der Waals surface area contributed by atoms with Crippen LogP contribution in [0.2, 0.25) is 0 Å². The van der Waals surface area contributed by atoms with Crippen LogP contribution in [0.25, 0.3) is 0 Å². The lowest BCUT2D eigenvalue weighted by atomic mass is 9.90. The fraction of sp³-hybridized carbons (Fsp3) is 0.538. The fourth-order valence-corrected chi connectivity index (χ4v) is 2.33. The highest BCUT2D eigenvalue weighted by Gasteiger charge is 2.16. The molecule has 1 aromatic rings. The molecule has 0 N–H and O–H groups in total. The maximum atomic E-state index is 5.45. The molecule has 0 fully saturated rings. The number of methoxy groups -OCH3 is 1. The van der Waals surface area contributed by atoms with Gasteiger partial charge in [-0.1, -0.05) is 43.6 Å². The lowest BCUT2D eigenvalue weighted by molar-refractivity contribution is 0.406. The molecule has 0 radical (unpaired) electrons. The standard InChI is InChI=1S/C13H19BrO/c1-8(2)11-6-10(14)7-12(15-5)13(11)9(3)4/h6-9H,1-5H3. The van der Waals surface area contributed by atoms with Crippen LogP contribution in [0, 0.1) is 0 Å². The second kappa shape index (κ2) is 5.02. The van der Waals surface area contributed by atoms with E-state index in [-0.39, 0.29) is 0 Å². The lowest BCUT2D eigenvalue weighted by Crippen LogP contribution is -2.02. The molecule has 0 bridgehead atoms. The number of ether oxygens (including phenoxy) is 1. The smallest absolute Gasteiger partial charge is 0.123 e. The summed E-state index contributed by atoms with van der Waals surface area (Å²) in [6, 6.07) is 4.24. The third kappa shape index (κ3) is 2.75. The monoisotopic (exact) mass is 270 g/mol. The van der Waals surface area contributed by atoms with Crippen molar-refractivity contribution in [2.45, 2.75) is 39.5 Å². The van der Waals surface area contributed by atoms with Gasteiger partial charge in [0.05, 0.1) is 7.11 Å². The van der Waals surface area contributed by atoms with E-state index in [9.17, 15) is 0 Å². The van der Waals surface area contributed by atoms with Crippen molar-refractivity contribution in [2.24, 2.45) is 0 Å². The normalized spacial score (nSPS) is 11.2. The van der Waals surface area contributed by atoms with Gasteiger partial charge >= 0.3 is 0 Å². The zero-order chi connectivity index (χ0) is 11.6. The Labute approximate surface area is 101 Å².